The predicted octanol–water partition coefficient (Wildman–Crippen LogP) is 4.87. The highest BCUT2D eigenvalue weighted by molar-refractivity contribution is 7.92. The van der Waals surface area contributed by atoms with E-state index >= 15 is 0 Å². The van der Waals surface area contributed by atoms with E-state index in [1.807, 2.05) is 44.2 Å². The summed E-state index contributed by atoms with van der Waals surface area (Å²) in [4.78, 5) is 27.6. The van der Waals surface area contributed by atoms with Crippen molar-refractivity contribution in [2.75, 3.05) is 17.1 Å². The summed E-state index contributed by atoms with van der Waals surface area (Å²) >= 11 is 12.3. The summed E-state index contributed by atoms with van der Waals surface area (Å²) in [7, 11) is -3.67. The molecule has 1 N–H and O–H groups in total. The lowest BCUT2D eigenvalue weighted by molar-refractivity contribution is -0.140. The van der Waals surface area contributed by atoms with E-state index in [-0.39, 0.29) is 54.5 Å². The van der Waals surface area contributed by atoms with Crippen LogP contribution in [0.25, 0.3) is 0 Å². The van der Waals surface area contributed by atoms with E-state index in [0.29, 0.717) is 5.02 Å². The Morgan fingerprint density at radius 1 is 1.06 bits per heavy atom. The van der Waals surface area contributed by atoms with Crippen molar-refractivity contribution in [3.05, 3.63) is 64.1 Å². The van der Waals surface area contributed by atoms with Gasteiger partial charge in [0.2, 0.25) is 21.8 Å². The van der Waals surface area contributed by atoms with Crippen LogP contribution in [0.1, 0.15) is 45.6 Å². The van der Waals surface area contributed by atoms with Crippen molar-refractivity contribution in [2.24, 2.45) is 0 Å². The van der Waals surface area contributed by atoms with Gasteiger partial charge in [-0.05, 0) is 50.5 Å². The van der Waals surface area contributed by atoms with Crippen LogP contribution in [-0.4, -0.2) is 50.0 Å². The fraction of sp³-hybridized carbons (Fsp3) is 0.440. The lowest BCUT2D eigenvalue weighted by atomic mass is 10.1. The van der Waals surface area contributed by atoms with Gasteiger partial charge in [-0.1, -0.05) is 60.5 Å². The SMILES string of the molecule is CC[C@@H](C)NC(=O)[C@H](C)N(Cc1ccccc1)C(=O)CCCN(c1cc(Cl)ccc1Cl)S(C)(=O)=O. The predicted molar refractivity (Wildman–Crippen MR) is 142 cm³/mol. The molecule has 0 aliphatic rings. The fourth-order valence-electron chi connectivity index (χ4n) is 3.49. The molecular weight excluding hydrogens is 509 g/mol. The number of benzene rings is 2. The molecule has 2 aromatic carbocycles. The summed E-state index contributed by atoms with van der Waals surface area (Å²) in [6, 6.07) is 13.3. The second-order valence-electron chi connectivity index (χ2n) is 8.54. The molecule has 0 saturated carbocycles. The maximum absolute atomic E-state index is 13.3. The van der Waals surface area contributed by atoms with Crippen LogP contribution in [0, 0.1) is 0 Å². The molecule has 0 saturated heterocycles. The number of hydrogen-bond donors (Lipinski definition) is 1. The van der Waals surface area contributed by atoms with Gasteiger partial charge in [0.1, 0.15) is 6.04 Å². The molecule has 7 nitrogen and oxygen atoms in total. The molecule has 0 unspecified atom stereocenters. The number of carbonyl (C=O) groups excluding carboxylic acids is 2. The molecule has 0 heterocycles. The minimum absolute atomic E-state index is 0.00982. The Morgan fingerprint density at radius 3 is 2.31 bits per heavy atom. The van der Waals surface area contributed by atoms with E-state index in [1.165, 1.54) is 17.0 Å². The summed E-state index contributed by atoms with van der Waals surface area (Å²) in [6.45, 7) is 5.89. The second-order valence-corrected chi connectivity index (χ2v) is 11.3. The quantitative estimate of drug-likeness (QED) is 0.415. The van der Waals surface area contributed by atoms with Crippen LogP contribution >= 0.6 is 23.2 Å². The van der Waals surface area contributed by atoms with Crippen LogP contribution in [0.15, 0.2) is 48.5 Å². The normalized spacial score (nSPS) is 13.1. The average molecular weight is 543 g/mol. The lowest BCUT2D eigenvalue weighted by Crippen LogP contribution is -2.49. The maximum Gasteiger partial charge on any atom is 0.242 e. The first-order chi connectivity index (χ1) is 16.4. The number of carbonyl (C=O) groups is 2. The van der Waals surface area contributed by atoms with Crippen molar-refractivity contribution >= 4 is 50.7 Å². The Kier molecular flexibility index (Phi) is 10.9. The molecule has 35 heavy (non-hydrogen) atoms. The first-order valence-electron chi connectivity index (χ1n) is 11.5. The molecule has 2 rings (SSSR count). The van der Waals surface area contributed by atoms with Crippen molar-refractivity contribution in [3.63, 3.8) is 0 Å². The van der Waals surface area contributed by atoms with Gasteiger partial charge in [-0.2, -0.15) is 0 Å². The molecule has 0 radical (unpaired) electrons. The Hall–Kier alpha value is -2.29. The minimum atomic E-state index is -3.67. The fourth-order valence-corrected chi connectivity index (χ4v) is 4.89. The Bertz CT molecular complexity index is 1110. The van der Waals surface area contributed by atoms with Crippen molar-refractivity contribution in [1.82, 2.24) is 10.2 Å². The first-order valence-corrected chi connectivity index (χ1v) is 14.1. The van der Waals surface area contributed by atoms with E-state index in [0.717, 1.165) is 22.5 Å². The van der Waals surface area contributed by atoms with Gasteiger partial charge in [-0.3, -0.25) is 13.9 Å². The highest BCUT2D eigenvalue weighted by Gasteiger charge is 2.27. The third-order valence-corrected chi connectivity index (χ3v) is 7.43. The Labute approximate surface area is 218 Å². The molecule has 192 valence electrons. The number of nitrogens with zero attached hydrogens (tertiary/aromatic N) is 2. The number of hydrogen-bond acceptors (Lipinski definition) is 4. The zero-order chi connectivity index (χ0) is 26.2. The monoisotopic (exact) mass is 541 g/mol. The van der Waals surface area contributed by atoms with E-state index in [1.54, 1.807) is 13.0 Å². The van der Waals surface area contributed by atoms with Crippen LogP contribution < -0.4 is 9.62 Å². The van der Waals surface area contributed by atoms with Gasteiger partial charge in [0.15, 0.2) is 0 Å². The number of amides is 2. The molecule has 0 fully saturated rings. The van der Waals surface area contributed by atoms with Crippen LogP contribution in [0.2, 0.25) is 10.0 Å². The van der Waals surface area contributed by atoms with E-state index in [2.05, 4.69) is 5.32 Å². The van der Waals surface area contributed by atoms with Gasteiger partial charge in [-0.25, -0.2) is 8.42 Å². The molecule has 2 amide bonds. The van der Waals surface area contributed by atoms with E-state index in [9.17, 15) is 18.0 Å². The smallest absolute Gasteiger partial charge is 0.242 e. The highest BCUT2D eigenvalue weighted by Crippen LogP contribution is 2.31. The van der Waals surface area contributed by atoms with Gasteiger partial charge in [0.05, 0.1) is 17.0 Å². The van der Waals surface area contributed by atoms with E-state index < -0.39 is 16.1 Å². The summed E-state index contributed by atoms with van der Waals surface area (Å²) in [5, 5.41) is 3.52. The topological polar surface area (TPSA) is 86.8 Å². The van der Waals surface area contributed by atoms with E-state index in [4.69, 9.17) is 23.2 Å². The van der Waals surface area contributed by atoms with Crippen molar-refractivity contribution in [1.29, 1.82) is 0 Å². The Morgan fingerprint density at radius 2 is 1.71 bits per heavy atom. The number of rotatable bonds is 12. The van der Waals surface area contributed by atoms with Gasteiger partial charge < -0.3 is 10.2 Å². The summed E-state index contributed by atoms with van der Waals surface area (Å²) < 4.78 is 26.0. The second kappa shape index (κ2) is 13.1. The van der Waals surface area contributed by atoms with Crippen LogP contribution in [-0.2, 0) is 26.2 Å². The largest absolute Gasteiger partial charge is 0.352 e. The summed E-state index contributed by atoms with van der Waals surface area (Å²) in [5.74, 6) is -0.474. The molecule has 0 aromatic heterocycles. The summed E-state index contributed by atoms with van der Waals surface area (Å²) in [6.07, 6.45) is 2.14. The highest BCUT2D eigenvalue weighted by atomic mass is 35.5. The van der Waals surface area contributed by atoms with Gasteiger partial charge in [-0.15, -0.1) is 0 Å². The third-order valence-electron chi connectivity index (χ3n) is 5.69. The molecular formula is C25H33Cl2N3O4S. The summed E-state index contributed by atoms with van der Waals surface area (Å²) in [5.41, 5.74) is 1.16. The maximum atomic E-state index is 13.3. The van der Waals surface area contributed by atoms with Crippen LogP contribution in [0.5, 0.6) is 0 Å². The van der Waals surface area contributed by atoms with Crippen LogP contribution in [0.3, 0.4) is 0 Å². The molecule has 10 heteroatoms. The minimum Gasteiger partial charge on any atom is -0.352 e. The molecule has 0 bridgehead atoms. The first kappa shape index (κ1) is 28.9. The molecule has 0 aliphatic carbocycles. The number of halogens is 2. The Balaban J connectivity index is 2.18. The molecule has 0 aliphatic heterocycles. The van der Waals surface area contributed by atoms with Crippen LogP contribution in [0.4, 0.5) is 5.69 Å². The molecule has 2 atom stereocenters. The van der Waals surface area contributed by atoms with Gasteiger partial charge >= 0.3 is 0 Å². The zero-order valence-electron chi connectivity index (χ0n) is 20.5. The third kappa shape index (κ3) is 8.70. The molecule has 2 aromatic rings. The number of anilines is 1. The van der Waals surface area contributed by atoms with Crippen molar-refractivity contribution in [2.45, 2.75) is 58.7 Å². The van der Waals surface area contributed by atoms with Crippen molar-refractivity contribution < 1.29 is 18.0 Å². The lowest BCUT2D eigenvalue weighted by Gasteiger charge is -2.30. The number of nitrogens with one attached hydrogen (secondary N) is 1. The van der Waals surface area contributed by atoms with Gasteiger partial charge in [0, 0.05) is 30.6 Å². The number of sulfonamides is 1. The van der Waals surface area contributed by atoms with Gasteiger partial charge in [0.25, 0.3) is 0 Å². The zero-order valence-corrected chi connectivity index (χ0v) is 22.8. The molecule has 0 spiro atoms. The standard InChI is InChI=1S/C25H33Cl2N3O4S/c1-5-18(2)28-25(32)19(3)29(17-20-10-7-6-8-11-20)24(31)12-9-15-30(35(4,33)34)23-16-21(26)13-14-22(23)27/h6-8,10-11,13-14,16,18-19H,5,9,12,15,17H2,1-4H3,(H,28,32)/t18-,19+/m1/s1. The average Bonchev–Trinajstić information content (AvgIpc) is 2.81. The van der Waals surface area contributed by atoms with Crippen molar-refractivity contribution in [3.8, 4) is 0 Å².